The average Bonchev–Trinajstić information content (AvgIpc) is 2.61. The van der Waals surface area contributed by atoms with E-state index in [4.69, 9.17) is 22.1 Å². The minimum atomic E-state index is -0.832. The lowest BCUT2D eigenvalue weighted by Crippen LogP contribution is -2.35. The Bertz CT molecular complexity index is 830. The molecule has 0 heterocycles. The van der Waals surface area contributed by atoms with Gasteiger partial charge < -0.3 is 21.1 Å². The number of hydrogen-bond acceptors (Lipinski definition) is 4. The molecule has 0 aliphatic heterocycles. The first kappa shape index (κ1) is 20.2. The van der Waals surface area contributed by atoms with Crippen LogP contribution in [0.2, 0.25) is 5.02 Å². The number of benzene rings is 2. The van der Waals surface area contributed by atoms with Crippen LogP contribution in [0.1, 0.15) is 18.0 Å². The summed E-state index contributed by atoms with van der Waals surface area (Å²) in [4.78, 5) is 35.0. The van der Waals surface area contributed by atoms with Crippen molar-refractivity contribution in [1.29, 1.82) is 0 Å². The fourth-order valence-electron chi connectivity index (χ4n) is 2.27. The minimum absolute atomic E-state index is 0.267. The number of carbonyl (C=O) groups excluding carboxylic acids is 3. The highest BCUT2D eigenvalue weighted by Gasteiger charge is 2.21. The van der Waals surface area contributed by atoms with Crippen molar-refractivity contribution in [2.75, 3.05) is 11.9 Å². The van der Waals surface area contributed by atoms with Gasteiger partial charge in [-0.1, -0.05) is 29.8 Å². The van der Waals surface area contributed by atoms with Crippen molar-refractivity contribution in [3.8, 4) is 0 Å². The van der Waals surface area contributed by atoms with E-state index in [1.54, 1.807) is 24.3 Å². The molecule has 0 aliphatic rings. The van der Waals surface area contributed by atoms with Crippen LogP contribution < -0.4 is 16.4 Å². The van der Waals surface area contributed by atoms with Gasteiger partial charge in [-0.3, -0.25) is 9.59 Å². The highest BCUT2D eigenvalue weighted by Crippen LogP contribution is 2.25. The molecular weight excluding hydrogens is 377 g/mol. The van der Waals surface area contributed by atoms with Crippen molar-refractivity contribution < 1.29 is 23.5 Å². The molecule has 0 radical (unpaired) electrons. The quantitative estimate of drug-likeness (QED) is 0.628. The van der Waals surface area contributed by atoms with E-state index in [0.717, 1.165) is 0 Å². The number of nitrogens with one attached hydrogen (secondary N) is 2. The zero-order valence-electron chi connectivity index (χ0n) is 14.1. The van der Waals surface area contributed by atoms with E-state index in [-0.39, 0.29) is 6.42 Å². The lowest BCUT2D eigenvalue weighted by Gasteiger charge is -2.18. The largest absolute Gasteiger partial charge is 0.455 e. The molecule has 1 atom stereocenters. The van der Waals surface area contributed by atoms with Crippen LogP contribution in [0.15, 0.2) is 48.5 Å². The Morgan fingerprint density at radius 1 is 1.11 bits per heavy atom. The number of urea groups is 1. The molecule has 0 aliphatic carbocycles. The number of ether oxygens (including phenoxy) is 1. The monoisotopic (exact) mass is 393 g/mol. The summed E-state index contributed by atoms with van der Waals surface area (Å²) < 4.78 is 17.7. The van der Waals surface area contributed by atoms with Crippen LogP contribution >= 0.6 is 11.6 Å². The number of halogens is 2. The standard InChI is InChI=1S/C18H17ClFN3O4/c19-14-4-2-1-3-13(14)15(23-18(21)26)9-17(25)27-10-16(24)22-12-7-5-11(20)6-8-12/h1-8,15H,9-10H2,(H,22,24)(H3,21,23,26)/t15-/m0/s1. The van der Waals surface area contributed by atoms with Gasteiger partial charge in [0.05, 0.1) is 12.5 Å². The molecule has 0 aromatic heterocycles. The molecular formula is C18H17ClFN3O4. The Morgan fingerprint density at radius 2 is 1.78 bits per heavy atom. The smallest absolute Gasteiger partial charge is 0.312 e. The van der Waals surface area contributed by atoms with Gasteiger partial charge in [0, 0.05) is 10.7 Å². The molecule has 0 saturated carbocycles. The second kappa shape index (κ2) is 9.54. The predicted octanol–water partition coefficient (Wildman–Crippen LogP) is 2.76. The third-order valence-electron chi connectivity index (χ3n) is 3.46. The highest BCUT2D eigenvalue weighted by molar-refractivity contribution is 6.31. The summed E-state index contributed by atoms with van der Waals surface area (Å²) in [6.07, 6.45) is -0.267. The van der Waals surface area contributed by atoms with Crippen molar-refractivity contribution in [3.05, 3.63) is 64.9 Å². The van der Waals surface area contributed by atoms with Gasteiger partial charge in [-0.05, 0) is 35.9 Å². The van der Waals surface area contributed by atoms with E-state index in [2.05, 4.69) is 10.6 Å². The zero-order chi connectivity index (χ0) is 19.8. The second-order valence-electron chi connectivity index (χ2n) is 5.50. The third kappa shape index (κ3) is 6.59. The number of amides is 3. The number of nitrogens with two attached hydrogens (primary N) is 1. The summed E-state index contributed by atoms with van der Waals surface area (Å²) in [6.45, 7) is -0.540. The molecule has 3 amide bonds. The van der Waals surface area contributed by atoms with E-state index in [9.17, 15) is 18.8 Å². The number of anilines is 1. The van der Waals surface area contributed by atoms with Crippen LogP contribution in [0.4, 0.5) is 14.9 Å². The maximum atomic E-state index is 12.8. The summed E-state index contributed by atoms with van der Waals surface area (Å²) in [7, 11) is 0. The van der Waals surface area contributed by atoms with Crippen molar-refractivity contribution >= 4 is 35.2 Å². The molecule has 0 saturated heterocycles. The van der Waals surface area contributed by atoms with Gasteiger partial charge in [-0.25, -0.2) is 9.18 Å². The molecule has 0 unspecified atom stereocenters. The molecule has 4 N–H and O–H groups in total. The maximum absolute atomic E-state index is 12.8. The van der Waals surface area contributed by atoms with Gasteiger partial charge >= 0.3 is 12.0 Å². The lowest BCUT2D eigenvalue weighted by atomic mass is 10.0. The Kier molecular flexibility index (Phi) is 7.13. The number of primary amides is 1. The van der Waals surface area contributed by atoms with Gasteiger partial charge in [-0.15, -0.1) is 0 Å². The van der Waals surface area contributed by atoms with E-state index < -0.39 is 36.4 Å². The van der Waals surface area contributed by atoms with Crippen LogP contribution in [0.25, 0.3) is 0 Å². The van der Waals surface area contributed by atoms with E-state index in [1.807, 2.05) is 0 Å². The van der Waals surface area contributed by atoms with Gasteiger partial charge in [-0.2, -0.15) is 0 Å². The third-order valence-corrected chi connectivity index (χ3v) is 3.80. The van der Waals surface area contributed by atoms with Gasteiger partial charge in [0.2, 0.25) is 0 Å². The Labute approximate surface area is 159 Å². The van der Waals surface area contributed by atoms with Crippen LogP contribution in [-0.4, -0.2) is 24.5 Å². The predicted molar refractivity (Wildman–Crippen MR) is 97.5 cm³/mol. The average molecular weight is 394 g/mol. The van der Waals surface area contributed by atoms with Gasteiger partial charge in [0.25, 0.3) is 5.91 Å². The maximum Gasteiger partial charge on any atom is 0.312 e. The highest BCUT2D eigenvalue weighted by atomic mass is 35.5. The van der Waals surface area contributed by atoms with E-state index >= 15 is 0 Å². The van der Waals surface area contributed by atoms with Crippen LogP contribution in [-0.2, 0) is 14.3 Å². The van der Waals surface area contributed by atoms with Gasteiger partial charge in [0.1, 0.15) is 5.82 Å². The van der Waals surface area contributed by atoms with Crippen molar-refractivity contribution in [2.45, 2.75) is 12.5 Å². The molecule has 2 aromatic rings. The Morgan fingerprint density at radius 3 is 2.41 bits per heavy atom. The molecule has 27 heavy (non-hydrogen) atoms. The van der Waals surface area contributed by atoms with E-state index in [1.165, 1.54) is 24.3 Å². The zero-order valence-corrected chi connectivity index (χ0v) is 14.8. The SMILES string of the molecule is NC(=O)N[C@@H](CC(=O)OCC(=O)Nc1ccc(F)cc1)c1ccccc1Cl. The second-order valence-corrected chi connectivity index (χ2v) is 5.91. The molecule has 0 bridgehead atoms. The summed E-state index contributed by atoms with van der Waals surface area (Å²) in [5.41, 5.74) is 5.99. The fraction of sp³-hybridized carbons (Fsp3) is 0.167. The number of hydrogen-bond donors (Lipinski definition) is 3. The molecule has 142 valence electrons. The van der Waals surface area contributed by atoms with Crippen LogP contribution in [0.3, 0.4) is 0 Å². The van der Waals surface area contributed by atoms with Crippen molar-refractivity contribution in [2.24, 2.45) is 5.73 Å². The lowest BCUT2D eigenvalue weighted by molar-refractivity contribution is -0.147. The summed E-state index contributed by atoms with van der Waals surface area (Å²) >= 11 is 6.08. The van der Waals surface area contributed by atoms with Gasteiger partial charge in [0.15, 0.2) is 6.61 Å². The first-order valence-corrected chi connectivity index (χ1v) is 8.24. The molecule has 0 spiro atoms. The summed E-state index contributed by atoms with van der Waals surface area (Å²) in [5, 5.41) is 5.22. The molecule has 2 rings (SSSR count). The van der Waals surface area contributed by atoms with E-state index in [0.29, 0.717) is 16.3 Å². The molecule has 9 heteroatoms. The topological polar surface area (TPSA) is 111 Å². The van der Waals surface area contributed by atoms with Crippen molar-refractivity contribution in [3.63, 3.8) is 0 Å². The van der Waals surface area contributed by atoms with Crippen LogP contribution in [0.5, 0.6) is 0 Å². The van der Waals surface area contributed by atoms with Crippen LogP contribution in [0, 0.1) is 5.82 Å². The Hall–Kier alpha value is -3.13. The molecule has 0 fully saturated rings. The summed E-state index contributed by atoms with van der Waals surface area (Å²) in [6, 6.07) is 10.1. The number of carbonyl (C=O) groups is 3. The minimum Gasteiger partial charge on any atom is -0.455 e. The fourth-order valence-corrected chi connectivity index (χ4v) is 2.54. The summed E-state index contributed by atoms with van der Waals surface area (Å²) in [5.74, 6) is -1.76. The van der Waals surface area contributed by atoms with Crippen molar-refractivity contribution in [1.82, 2.24) is 5.32 Å². The number of esters is 1. The molecule has 7 nitrogen and oxygen atoms in total. The first-order chi connectivity index (χ1) is 12.8. The normalized spacial score (nSPS) is 11.3. The first-order valence-electron chi connectivity index (χ1n) is 7.86. The Balaban J connectivity index is 1.91. The molecule has 2 aromatic carbocycles. The number of rotatable bonds is 7.